The lowest BCUT2D eigenvalue weighted by molar-refractivity contribution is -0.114. The van der Waals surface area contributed by atoms with E-state index in [2.05, 4.69) is 10.0 Å². The van der Waals surface area contributed by atoms with E-state index >= 15 is 0 Å². The first-order valence-electron chi connectivity index (χ1n) is 7.31. The Bertz CT molecular complexity index is 859. The second-order valence-electron chi connectivity index (χ2n) is 5.64. The van der Waals surface area contributed by atoms with E-state index in [-0.39, 0.29) is 22.4 Å². The standard InChI is InChI=1S/C17H19ClN2O3S/c1-11-6-12(2)8-14(7-11)10-19-24(22,23)15-4-5-17(16(18)9-15)20-13(3)21/h4-9,19H,10H2,1-3H3,(H,20,21). The van der Waals surface area contributed by atoms with Gasteiger partial charge in [-0.05, 0) is 37.6 Å². The van der Waals surface area contributed by atoms with Crippen LogP contribution in [-0.4, -0.2) is 14.3 Å². The number of hydrogen-bond donors (Lipinski definition) is 2. The molecule has 0 aliphatic rings. The molecule has 24 heavy (non-hydrogen) atoms. The van der Waals surface area contributed by atoms with Crippen LogP contribution in [0.25, 0.3) is 0 Å². The van der Waals surface area contributed by atoms with Crippen molar-refractivity contribution in [1.29, 1.82) is 0 Å². The van der Waals surface area contributed by atoms with Gasteiger partial charge >= 0.3 is 0 Å². The SMILES string of the molecule is CC(=O)Nc1ccc(S(=O)(=O)NCc2cc(C)cc(C)c2)cc1Cl. The molecule has 0 saturated heterocycles. The summed E-state index contributed by atoms with van der Waals surface area (Å²) in [5.41, 5.74) is 3.41. The Kier molecular flexibility index (Phi) is 5.64. The lowest BCUT2D eigenvalue weighted by atomic mass is 10.1. The lowest BCUT2D eigenvalue weighted by Crippen LogP contribution is -2.23. The quantitative estimate of drug-likeness (QED) is 0.851. The number of carbonyl (C=O) groups excluding carboxylic acids is 1. The average molecular weight is 367 g/mol. The zero-order valence-electron chi connectivity index (χ0n) is 13.7. The number of rotatable bonds is 5. The van der Waals surface area contributed by atoms with Gasteiger partial charge in [-0.25, -0.2) is 13.1 Å². The molecule has 5 nitrogen and oxygen atoms in total. The van der Waals surface area contributed by atoms with Crippen molar-refractivity contribution in [2.24, 2.45) is 0 Å². The van der Waals surface area contributed by atoms with Crippen molar-refractivity contribution in [2.75, 3.05) is 5.32 Å². The van der Waals surface area contributed by atoms with Crippen LogP contribution < -0.4 is 10.0 Å². The van der Waals surface area contributed by atoms with Crippen LogP contribution in [0.4, 0.5) is 5.69 Å². The first-order chi connectivity index (χ1) is 11.2. The van der Waals surface area contributed by atoms with E-state index in [0.29, 0.717) is 5.69 Å². The lowest BCUT2D eigenvalue weighted by Gasteiger charge is -2.10. The van der Waals surface area contributed by atoms with Crippen molar-refractivity contribution < 1.29 is 13.2 Å². The van der Waals surface area contributed by atoms with Crippen molar-refractivity contribution in [3.63, 3.8) is 0 Å². The normalized spacial score (nSPS) is 11.3. The van der Waals surface area contributed by atoms with Gasteiger partial charge in [0.2, 0.25) is 15.9 Å². The summed E-state index contributed by atoms with van der Waals surface area (Å²) in [4.78, 5) is 11.1. The van der Waals surface area contributed by atoms with Crippen LogP contribution in [0.3, 0.4) is 0 Å². The number of benzene rings is 2. The van der Waals surface area contributed by atoms with E-state index in [9.17, 15) is 13.2 Å². The van der Waals surface area contributed by atoms with Crippen LogP contribution in [0, 0.1) is 13.8 Å². The number of halogens is 1. The van der Waals surface area contributed by atoms with Gasteiger partial charge in [0.05, 0.1) is 15.6 Å². The van der Waals surface area contributed by atoms with Crippen LogP contribution in [0.5, 0.6) is 0 Å². The van der Waals surface area contributed by atoms with Gasteiger partial charge in [-0.15, -0.1) is 0 Å². The highest BCUT2D eigenvalue weighted by atomic mass is 35.5. The molecule has 0 aliphatic heterocycles. The average Bonchev–Trinajstić information content (AvgIpc) is 2.46. The predicted molar refractivity (Wildman–Crippen MR) is 95.7 cm³/mol. The highest BCUT2D eigenvalue weighted by molar-refractivity contribution is 7.89. The van der Waals surface area contributed by atoms with E-state index in [0.717, 1.165) is 16.7 Å². The molecule has 128 valence electrons. The Labute approximate surface area is 147 Å². The molecule has 0 saturated carbocycles. The zero-order chi connectivity index (χ0) is 17.9. The molecule has 2 aromatic rings. The molecular formula is C17H19ClN2O3S. The summed E-state index contributed by atoms with van der Waals surface area (Å²) in [5, 5.41) is 2.70. The number of nitrogens with one attached hydrogen (secondary N) is 2. The molecule has 0 radical (unpaired) electrons. The van der Waals surface area contributed by atoms with Gasteiger partial charge in [-0.3, -0.25) is 4.79 Å². The second kappa shape index (κ2) is 7.34. The third-order valence-corrected chi connectivity index (χ3v) is 5.02. The van der Waals surface area contributed by atoms with Crippen molar-refractivity contribution in [1.82, 2.24) is 4.72 Å². The number of anilines is 1. The molecule has 0 fully saturated rings. The molecule has 2 aromatic carbocycles. The molecule has 0 unspecified atom stereocenters. The van der Waals surface area contributed by atoms with Gasteiger partial charge < -0.3 is 5.32 Å². The summed E-state index contributed by atoms with van der Waals surface area (Å²) in [6, 6.07) is 10.1. The molecule has 2 rings (SSSR count). The Morgan fingerprint density at radius 2 is 1.71 bits per heavy atom. The Morgan fingerprint density at radius 3 is 2.25 bits per heavy atom. The van der Waals surface area contributed by atoms with E-state index in [1.807, 2.05) is 32.0 Å². The molecule has 0 aromatic heterocycles. The van der Waals surface area contributed by atoms with Crippen molar-refractivity contribution >= 4 is 33.2 Å². The number of amides is 1. The molecule has 0 bridgehead atoms. The van der Waals surface area contributed by atoms with Gasteiger partial charge in [0, 0.05) is 13.5 Å². The summed E-state index contributed by atoms with van der Waals surface area (Å²) in [6.07, 6.45) is 0. The Morgan fingerprint density at radius 1 is 1.08 bits per heavy atom. The molecule has 0 aliphatic carbocycles. The summed E-state index contributed by atoms with van der Waals surface area (Å²) >= 11 is 6.03. The fraction of sp³-hybridized carbons (Fsp3) is 0.235. The maximum absolute atomic E-state index is 12.4. The highest BCUT2D eigenvalue weighted by Gasteiger charge is 2.16. The third-order valence-electron chi connectivity index (χ3n) is 3.31. The zero-order valence-corrected chi connectivity index (χ0v) is 15.3. The minimum absolute atomic E-state index is 0.0472. The van der Waals surface area contributed by atoms with Gasteiger partial charge in [0.15, 0.2) is 0 Å². The van der Waals surface area contributed by atoms with Crippen LogP contribution in [0.2, 0.25) is 5.02 Å². The maximum Gasteiger partial charge on any atom is 0.240 e. The van der Waals surface area contributed by atoms with E-state index in [1.165, 1.54) is 25.1 Å². The second-order valence-corrected chi connectivity index (χ2v) is 7.82. The smallest absolute Gasteiger partial charge is 0.240 e. The molecule has 0 atom stereocenters. The topological polar surface area (TPSA) is 75.3 Å². The van der Waals surface area contributed by atoms with Crippen molar-refractivity contribution in [3.8, 4) is 0 Å². The van der Waals surface area contributed by atoms with Gasteiger partial charge in [-0.1, -0.05) is 40.9 Å². The Hall–Kier alpha value is -1.89. The minimum Gasteiger partial charge on any atom is -0.325 e. The van der Waals surface area contributed by atoms with Crippen LogP contribution in [-0.2, 0) is 21.4 Å². The summed E-state index contributed by atoms with van der Waals surface area (Å²) in [7, 11) is -3.70. The van der Waals surface area contributed by atoms with Gasteiger partial charge in [-0.2, -0.15) is 0 Å². The summed E-state index contributed by atoms with van der Waals surface area (Å²) < 4.78 is 27.4. The first kappa shape index (κ1) is 18.4. The Balaban J connectivity index is 2.18. The third kappa shape index (κ3) is 4.80. The van der Waals surface area contributed by atoms with Crippen molar-refractivity contribution in [2.45, 2.75) is 32.2 Å². The van der Waals surface area contributed by atoms with E-state index in [1.54, 1.807) is 0 Å². The molecule has 2 N–H and O–H groups in total. The molecule has 0 heterocycles. The van der Waals surface area contributed by atoms with E-state index in [4.69, 9.17) is 11.6 Å². The number of sulfonamides is 1. The monoisotopic (exact) mass is 366 g/mol. The number of carbonyl (C=O) groups is 1. The fourth-order valence-electron chi connectivity index (χ4n) is 2.39. The fourth-order valence-corrected chi connectivity index (χ4v) is 3.72. The maximum atomic E-state index is 12.4. The molecular weight excluding hydrogens is 348 g/mol. The van der Waals surface area contributed by atoms with Crippen LogP contribution in [0.1, 0.15) is 23.6 Å². The van der Waals surface area contributed by atoms with Crippen molar-refractivity contribution in [3.05, 3.63) is 58.1 Å². The molecule has 1 amide bonds. The largest absolute Gasteiger partial charge is 0.325 e. The summed E-state index contributed by atoms with van der Waals surface area (Å²) in [5.74, 6) is -0.277. The van der Waals surface area contributed by atoms with Crippen LogP contribution >= 0.6 is 11.6 Å². The number of hydrogen-bond acceptors (Lipinski definition) is 3. The van der Waals surface area contributed by atoms with Gasteiger partial charge in [0.25, 0.3) is 0 Å². The predicted octanol–water partition coefficient (Wildman–Crippen LogP) is 3.39. The summed E-state index contributed by atoms with van der Waals surface area (Å²) in [6.45, 7) is 5.47. The molecule has 0 spiro atoms. The molecule has 7 heteroatoms. The highest BCUT2D eigenvalue weighted by Crippen LogP contribution is 2.25. The number of aryl methyl sites for hydroxylation is 2. The first-order valence-corrected chi connectivity index (χ1v) is 9.17. The minimum atomic E-state index is -3.70. The van der Waals surface area contributed by atoms with Crippen LogP contribution in [0.15, 0.2) is 41.3 Å². The van der Waals surface area contributed by atoms with E-state index < -0.39 is 10.0 Å². The van der Waals surface area contributed by atoms with Gasteiger partial charge in [0.1, 0.15) is 0 Å².